The molecule has 110 valence electrons. The van der Waals surface area contributed by atoms with E-state index < -0.39 is 10.0 Å². The van der Waals surface area contributed by atoms with E-state index in [-0.39, 0.29) is 4.90 Å². The second kappa shape index (κ2) is 4.45. The van der Waals surface area contributed by atoms with Crippen LogP contribution in [0.25, 0.3) is 10.9 Å². The molecule has 0 atom stereocenters. The Bertz CT molecular complexity index is 1030. The Morgan fingerprint density at radius 2 is 1.91 bits per heavy atom. The molecule has 0 saturated heterocycles. The summed E-state index contributed by atoms with van der Waals surface area (Å²) in [6.45, 7) is 0. The van der Waals surface area contributed by atoms with Crippen LogP contribution in [0.15, 0.2) is 58.0 Å². The van der Waals surface area contributed by atoms with Gasteiger partial charge < -0.3 is 9.72 Å². The van der Waals surface area contributed by atoms with E-state index in [4.69, 9.17) is 4.74 Å². The van der Waals surface area contributed by atoms with Gasteiger partial charge in [0.15, 0.2) is 0 Å². The molecule has 4 rings (SSSR count). The average molecular weight is 312 g/mol. The van der Waals surface area contributed by atoms with Crippen molar-refractivity contribution in [3.05, 3.63) is 59.8 Å². The number of rotatable bonds is 2. The Balaban J connectivity index is 2.01. The lowest BCUT2D eigenvalue weighted by Gasteiger charge is -2.02. The molecule has 5 nitrogen and oxygen atoms in total. The molecule has 0 radical (unpaired) electrons. The van der Waals surface area contributed by atoms with Gasteiger partial charge in [-0.05, 0) is 24.3 Å². The summed E-state index contributed by atoms with van der Waals surface area (Å²) in [7, 11) is -2.02. The maximum Gasteiger partial charge on any atom is 0.283 e. The monoisotopic (exact) mass is 312 g/mol. The van der Waals surface area contributed by atoms with Crippen LogP contribution in [0.5, 0.6) is 5.75 Å². The molecule has 1 aromatic heterocycles. The number of hydrogen-bond acceptors (Lipinski definition) is 3. The molecule has 0 saturated carbocycles. The van der Waals surface area contributed by atoms with E-state index in [9.17, 15) is 8.42 Å². The standard InChI is InChI=1S/C16H12N2O3S/c1-21-10-6-7-14-12(8-10)13(9-17-14)16-11-4-2-3-5-15(11)22(19,20)18-16/h2-9,17H,1H3. The number of fused-ring (bicyclic) bond motifs is 2. The van der Waals surface area contributed by atoms with Gasteiger partial charge >= 0.3 is 0 Å². The summed E-state index contributed by atoms with van der Waals surface area (Å²) in [6, 6.07) is 12.5. The fraction of sp³-hybridized carbons (Fsp3) is 0.0625. The van der Waals surface area contributed by atoms with Crippen molar-refractivity contribution in [3.8, 4) is 5.75 Å². The second-order valence-electron chi connectivity index (χ2n) is 5.02. The molecule has 1 N–H and O–H groups in total. The normalized spacial score (nSPS) is 15.6. The summed E-state index contributed by atoms with van der Waals surface area (Å²) in [5.41, 5.74) is 2.75. The van der Waals surface area contributed by atoms with Crippen LogP contribution in [0.1, 0.15) is 11.1 Å². The lowest BCUT2D eigenvalue weighted by atomic mass is 10.0. The fourth-order valence-electron chi connectivity index (χ4n) is 2.72. The molecule has 1 aliphatic rings. The van der Waals surface area contributed by atoms with E-state index in [0.29, 0.717) is 17.0 Å². The van der Waals surface area contributed by atoms with Crippen molar-refractivity contribution in [1.82, 2.24) is 4.98 Å². The SMILES string of the molecule is COc1ccc2[nH]cc(C3=NS(=O)(=O)c4ccccc43)c2c1. The smallest absolute Gasteiger partial charge is 0.283 e. The number of hydrogen-bond donors (Lipinski definition) is 1. The van der Waals surface area contributed by atoms with Crippen LogP contribution in [-0.4, -0.2) is 26.2 Å². The zero-order valence-electron chi connectivity index (χ0n) is 11.7. The molecular formula is C16H12N2O3S. The summed E-state index contributed by atoms with van der Waals surface area (Å²) in [5.74, 6) is 0.711. The lowest BCUT2D eigenvalue weighted by Crippen LogP contribution is -1.99. The third-order valence-corrected chi connectivity index (χ3v) is 5.11. The third-order valence-electron chi connectivity index (χ3n) is 3.78. The van der Waals surface area contributed by atoms with Gasteiger partial charge in [0.2, 0.25) is 0 Å². The molecule has 0 unspecified atom stereocenters. The highest BCUT2D eigenvalue weighted by atomic mass is 32.2. The van der Waals surface area contributed by atoms with E-state index in [1.165, 1.54) is 0 Å². The van der Waals surface area contributed by atoms with Gasteiger partial charge in [-0.2, -0.15) is 12.8 Å². The van der Waals surface area contributed by atoms with Crippen LogP contribution in [0.2, 0.25) is 0 Å². The fourth-order valence-corrected chi connectivity index (χ4v) is 3.95. The number of H-pyrrole nitrogens is 1. The zero-order chi connectivity index (χ0) is 15.3. The van der Waals surface area contributed by atoms with Crippen LogP contribution in [-0.2, 0) is 10.0 Å². The Morgan fingerprint density at radius 1 is 1.09 bits per heavy atom. The van der Waals surface area contributed by atoms with E-state index in [2.05, 4.69) is 9.38 Å². The summed E-state index contributed by atoms with van der Waals surface area (Å²) >= 11 is 0. The van der Waals surface area contributed by atoms with Gasteiger partial charge in [0, 0.05) is 28.2 Å². The van der Waals surface area contributed by atoms with E-state index in [1.807, 2.05) is 24.3 Å². The molecule has 0 aliphatic carbocycles. The van der Waals surface area contributed by atoms with Crippen LogP contribution in [0.4, 0.5) is 0 Å². The number of sulfonamides is 1. The largest absolute Gasteiger partial charge is 0.497 e. The van der Waals surface area contributed by atoms with Crippen molar-refractivity contribution in [2.75, 3.05) is 7.11 Å². The molecule has 3 aromatic rings. The Hall–Kier alpha value is -2.60. The number of methoxy groups -OCH3 is 1. The van der Waals surface area contributed by atoms with Crippen molar-refractivity contribution >= 4 is 26.6 Å². The van der Waals surface area contributed by atoms with Gasteiger partial charge in [0.05, 0.1) is 17.7 Å². The Kier molecular flexibility index (Phi) is 2.65. The molecule has 2 aromatic carbocycles. The second-order valence-corrected chi connectivity index (χ2v) is 6.60. The summed E-state index contributed by atoms with van der Waals surface area (Å²) < 4.78 is 33.6. The summed E-state index contributed by atoms with van der Waals surface area (Å²) in [6.07, 6.45) is 1.78. The number of aromatic amines is 1. The first-order chi connectivity index (χ1) is 10.6. The Labute approximate surface area is 127 Å². The third kappa shape index (κ3) is 1.77. The van der Waals surface area contributed by atoms with Crippen molar-refractivity contribution < 1.29 is 13.2 Å². The first-order valence-electron chi connectivity index (χ1n) is 6.70. The topological polar surface area (TPSA) is 71.5 Å². The minimum absolute atomic E-state index is 0.252. The molecule has 0 amide bonds. The highest BCUT2D eigenvalue weighted by Crippen LogP contribution is 2.32. The first kappa shape index (κ1) is 13.1. The minimum atomic E-state index is -3.62. The van der Waals surface area contributed by atoms with E-state index >= 15 is 0 Å². The number of nitrogens with one attached hydrogen (secondary N) is 1. The molecule has 0 bridgehead atoms. The highest BCUT2D eigenvalue weighted by Gasteiger charge is 2.30. The summed E-state index contributed by atoms with van der Waals surface area (Å²) in [5, 5.41) is 0.880. The van der Waals surface area contributed by atoms with Crippen molar-refractivity contribution in [3.63, 3.8) is 0 Å². The van der Waals surface area contributed by atoms with Gasteiger partial charge in [-0.1, -0.05) is 18.2 Å². The summed E-state index contributed by atoms with van der Waals surface area (Å²) in [4.78, 5) is 3.40. The maximum absolute atomic E-state index is 12.2. The van der Waals surface area contributed by atoms with Gasteiger partial charge in [-0.25, -0.2) is 0 Å². The number of ether oxygens (including phenoxy) is 1. The highest BCUT2D eigenvalue weighted by molar-refractivity contribution is 7.90. The molecule has 1 aliphatic heterocycles. The van der Waals surface area contributed by atoms with Gasteiger partial charge in [0.1, 0.15) is 5.75 Å². The molecule has 2 heterocycles. The van der Waals surface area contributed by atoms with E-state index in [0.717, 1.165) is 16.5 Å². The van der Waals surface area contributed by atoms with Crippen molar-refractivity contribution in [2.24, 2.45) is 4.40 Å². The zero-order valence-corrected chi connectivity index (χ0v) is 12.5. The maximum atomic E-state index is 12.2. The number of nitrogens with zero attached hydrogens (tertiary/aromatic N) is 1. The molecule has 22 heavy (non-hydrogen) atoms. The quantitative estimate of drug-likeness (QED) is 0.791. The van der Waals surface area contributed by atoms with Gasteiger partial charge in [-0.3, -0.25) is 0 Å². The number of aromatic nitrogens is 1. The van der Waals surface area contributed by atoms with Crippen LogP contribution >= 0.6 is 0 Å². The van der Waals surface area contributed by atoms with Crippen molar-refractivity contribution in [2.45, 2.75) is 4.90 Å². The van der Waals surface area contributed by atoms with Crippen LogP contribution in [0, 0.1) is 0 Å². The molecular weight excluding hydrogens is 300 g/mol. The average Bonchev–Trinajstić information content (AvgIpc) is 3.06. The predicted octanol–water partition coefficient (Wildman–Crippen LogP) is 2.72. The molecule has 0 spiro atoms. The van der Waals surface area contributed by atoms with Crippen LogP contribution < -0.4 is 4.74 Å². The van der Waals surface area contributed by atoms with Crippen LogP contribution in [0.3, 0.4) is 0 Å². The molecule has 6 heteroatoms. The molecule has 0 fully saturated rings. The minimum Gasteiger partial charge on any atom is -0.497 e. The first-order valence-corrected chi connectivity index (χ1v) is 8.14. The van der Waals surface area contributed by atoms with Gasteiger partial charge in [-0.15, -0.1) is 0 Å². The van der Waals surface area contributed by atoms with Crippen molar-refractivity contribution in [1.29, 1.82) is 0 Å². The van der Waals surface area contributed by atoms with Gasteiger partial charge in [0.25, 0.3) is 10.0 Å². The Morgan fingerprint density at radius 3 is 2.73 bits per heavy atom. The lowest BCUT2D eigenvalue weighted by molar-refractivity contribution is 0.415. The number of benzene rings is 2. The predicted molar refractivity (Wildman–Crippen MR) is 84.1 cm³/mol. The van der Waals surface area contributed by atoms with E-state index in [1.54, 1.807) is 31.5 Å².